The molecule has 0 fully saturated rings. The maximum absolute atomic E-state index is 12.1. The van der Waals surface area contributed by atoms with Crippen molar-refractivity contribution in [3.8, 4) is 0 Å². The maximum atomic E-state index is 12.1. The highest BCUT2D eigenvalue weighted by molar-refractivity contribution is 7.93. The molecule has 0 aliphatic rings. The quantitative estimate of drug-likeness (QED) is 0.906. The molecule has 2 N–H and O–H groups in total. The monoisotopic (exact) mass is 304 g/mol. The number of nitrogens with zero attached hydrogens (tertiary/aromatic N) is 1. The Kier molecular flexibility index (Phi) is 3.71. The van der Waals surface area contributed by atoms with Gasteiger partial charge in [-0.15, -0.1) is 22.7 Å². The molecule has 0 spiro atoms. The highest BCUT2D eigenvalue weighted by atomic mass is 32.2. The fourth-order valence-electron chi connectivity index (χ4n) is 1.44. The van der Waals surface area contributed by atoms with Crippen LogP contribution >= 0.6 is 22.7 Å². The molecule has 0 atom stereocenters. The van der Waals surface area contributed by atoms with Crippen LogP contribution in [0.5, 0.6) is 0 Å². The molecule has 0 aliphatic carbocycles. The summed E-state index contributed by atoms with van der Waals surface area (Å²) in [6, 6.07) is 1.49. The van der Waals surface area contributed by atoms with E-state index in [0.717, 1.165) is 5.69 Å². The molecular weight excluding hydrogens is 292 g/mol. The van der Waals surface area contributed by atoms with Crippen molar-refractivity contribution >= 4 is 37.8 Å². The zero-order valence-electron chi connectivity index (χ0n) is 9.80. The number of hydrogen-bond acceptors (Lipinski definition) is 6. The minimum absolute atomic E-state index is 0.155. The summed E-state index contributed by atoms with van der Waals surface area (Å²) in [5, 5.41) is 11.1. The van der Waals surface area contributed by atoms with Gasteiger partial charge in [-0.1, -0.05) is 0 Å². The van der Waals surface area contributed by atoms with Crippen molar-refractivity contribution in [1.29, 1.82) is 0 Å². The van der Waals surface area contributed by atoms with E-state index in [1.807, 2.05) is 0 Å². The van der Waals surface area contributed by atoms with Gasteiger partial charge in [-0.2, -0.15) is 0 Å². The standard InChI is InChI=1S/C10H12N2O3S3/c1-6-5-16-10(11-6)12-18(14,15)9-3-8(4-13)17-7(9)2/h3,5,13H,4H2,1-2H3,(H,11,12). The first kappa shape index (κ1) is 13.5. The number of aryl methyl sites for hydroxylation is 2. The Hall–Kier alpha value is -0.960. The number of nitrogens with one attached hydrogen (secondary N) is 1. The third-order valence-corrected chi connectivity index (χ3v) is 5.84. The minimum Gasteiger partial charge on any atom is -0.391 e. The van der Waals surface area contributed by atoms with E-state index >= 15 is 0 Å². The Balaban J connectivity index is 2.33. The molecule has 2 aromatic heterocycles. The number of anilines is 1. The first-order valence-electron chi connectivity index (χ1n) is 5.07. The van der Waals surface area contributed by atoms with Gasteiger partial charge < -0.3 is 5.11 Å². The van der Waals surface area contributed by atoms with Crippen LogP contribution in [0.25, 0.3) is 0 Å². The van der Waals surface area contributed by atoms with Crippen LogP contribution in [0, 0.1) is 13.8 Å². The average molecular weight is 304 g/mol. The predicted octanol–water partition coefficient (Wildman–Crippen LogP) is 2.11. The van der Waals surface area contributed by atoms with Gasteiger partial charge in [0, 0.05) is 15.1 Å². The lowest BCUT2D eigenvalue weighted by Crippen LogP contribution is -2.12. The SMILES string of the molecule is Cc1csc(NS(=O)(=O)c2cc(CO)sc2C)n1. The molecule has 0 aliphatic heterocycles. The summed E-state index contributed by atoms with van der Waals surface area (Å²) in [6.45, 7) is 3.36. The Morgan fingerprint density at radius 1 is 1.44 bits per heavy atom. The number of thiophene rings is 1. The van der Waals surface area contributed by atoms with Gasteiger partial charge >= 0.3 is 0 Å². The summed E-state index contributed by atoms with van der Waals surface area (Å²) in [4.78, 5) is 5.54. The van der Waals surface area contributed by atoms with E-state index < -0.39 is 10.0 Å². The molecule has 0 bridgehead atoms. The van der Waals surface area contributed by atoms with Crippen molar-refractivity contribution in [2.45, 2.75) is 25.3 Å². The highest BCUT2D eigenvalue weighted by Gasteiger charge is 2.20. The number of rotatable bonds is 4. The van der Waals surface area contributed by atoms with Crippen molar-refractivity contribution in [3.05, 3.63) is 26.9 Å². The Morgan fingerprint density at radius 3 is 2.67 bits per heavy atom. The molecule has 5 nitrogen and oxygen atoms in total. The molecule has 0 saturated heterocycles. The smallest absolute Gasteiger partial charge is 0.264 e. The number of sulfonamides is 1. The first-order valence-corrected chi connectivity index (χ1v) is 8.25. The largest absolute Gasteiger partial charge is 0.391 e. The average Bonchev–Trinajstić information content (AvgIpc) is 2.84. The normalized spacial score (nSPS) is 11.7. The van der Waals surface area contributed by atoms with E-state index in [0.29, 0.717) is 14.9 Å². The minimum atomic E-state index is -3.62. The van der Waals surface area contributed by atoms with Gasteiger partial charge in [0.05, 0.1) is 12.3 Å². The number of aliphatic hydroxyl groups excluding tert-OH is 1. The zero-order valence-corrected chi connectivity index (χ0v) is 12.2. The van der Waals surface area contributed by atoms with Gasteiger partial charge in [-0.05, 0) is 19.9 Å². The summed E-state index contributed by atoms with van der Waals surface area (Å²) in [5.41, 5.74) is 0.774. The van der Waals surface area contributed by atoms with E-state index in [2.05, 4.69) is 9.71 Å². The molecule has 2 heterocycles. The fourth-order valence-corrected chi connectivity index (χ4v) is 4.88. The van der Waals surface area contributed by atoms with Gasteiger partial charge in [-0.25, -0.2) is 13.4 Å². The molecular formula is C10H12N2O3S3. The molecule has 0 aromatic carbocycles. The molecule has 18 heavy (non-hydrogen) atoms. The first-order chi connectivity index (χ1) is 8.42. The fraction of sp³-hybridized carbons (Fsp3) is 0.300. The molecule has 0 unspecified atom stereocenters. The zero-order chi connectivity index (χ0) is 13.3. The van der Waals surface area contributed by atoms with Gasteiger partial charge in [0.2, 0.25) is 0 Å². The van der Waals surface area contributed by atoms with Gasteiger partial charge in [-0.3, -0.25) is 4.72 Å². The summed E-state index contributed by atoms with van der Waals surface area (Å²) in [6.07, 6.45) is 0. The lowest BCUT2D eigenvalue weighted by molar-refractivity contribution is 0.285. The van der Waals surface area contributed by atoms with Crippen molar-refractivity contribution in [3.63, 3.8) is 0 Å². The van der Waals surface area contributed by atoms with Crippen LogP contribution < -0.4 is 4.72 Å². The Labute approximate surface area is 113 Å². The predicted molar refractivity (Wildman–Crippen MR) is 72.6 cm³/mol. The number of hydrogen-bond donors (Lipinski definition) is 2. The third kappa shape index (κ3) is 2.72. The Bertz CT molecular complexity index is 658. The molecule has 0 saturated carbocycles. The number of aliphatic hydroxyl groups is 1. The third-order valence-electron chi connectivity index (χ3n) is 2.21. The van der Waals surface area contributed by atoms with E-state index in [4.69, 9.17) is 5.11 Å². The van der Waals surface area contributed by atoms with Crippen molar-refractivity contribution in [2.24, 2.45) is 0 Å². The molecule has 8 heteroatoms. The molecule has 0 amide bonds. The second-order valence-electron chi connectivity index (χ2n) is 3.69. The Morgan fingerprint density at radius 2 is 2.17 bits per heavy atom. The van der Waals surface area contributed by atoms with Gasteiger partial charge in [0.15, 0.2) is 5.13 Å². The van der Waals surface area contributed by atoms with Crippen molar-refractivity contribution in [2.75, 3.05) is 4.72 Å². The van der Waals surface area contributed by atoms with Gasteiger partial charge in [0.25, 0.3) is 10.0 Å². The number of aromatic nitrogens is 1. The van der Waals surface area contributed by atoms with Crippen molar-refractivity contribution < 1.29 is 13.5 Å². The lowest BCUT2D eigenvalue weighted by atomic mass is 10.4. The van der Waals surface area contributed by atoms with Crippen LogP contribution in [0.2, 0.25) is 0 Å². The molecule has 0 radical (unpaired) electrons. The molecule has 98 valence electrons. The molecule has 2 rings (SSSR count). The van der Waals surface area contributed by atoms with Crippen LogP contribution in [0.4, 0.5) is 5.13 Å². The van der Waals surface area contributed by atoms with E-state index in [-0.39, 0.29) is 11.5 Å². The van der Waals surface area contributed by atoms with Crippen LogP contribution in [-0.2, 0) is 16.6 Å². The van der Waals surface area contributed by atoms with E-state index in [1.165, 1.54) is 28.7 Å². The second-order valence-corrected chi connectivity index (χ2v) is 7.54. The summed E-state index contributed by atoms with van der Waals surface area (Å²) in [7, 11) is -3.62. The van der Waals surface area contributed by atoms with E-state index in [9.17, 15) is 8.42 Å². The molecule has 2 aromatic rings. The van der Waals surface area contributed by atoms with Crippen LogP contribution in [0.1, 0.15) is 15.4 Å². The highest BCUT2D eigenvalue weighted by Crippen LogP contribution is 2.28. The number of thiazole rings is 1. The topological polar surface area (TPSA) is 79.3 Å². The second kappa shape index (κ2) is 4.96. The van der Waals surface area contributed by atoms with Crippen LogP contribution in [0.15, 0.2) is 16.3 Å². The van der Waals surface area contributed by atoms with E-state index in [1.54, 1.807) is 19.2 Å². The van der Waals surface area contributed by atoms with Crippen LogP contribution in [-0.4, -0.2) is 18.5 Å². The summed E-state index contributed by atoms with van der Waals surface area (Å²) >= 11 is 2.51. The lowest BCUT2D eigenvalue weighted by Gasteiger charge is -2.03. The van der Waals surface area contributed by atoms with Crippen molar-refractivity contribution in [1.82, 2.24) is 4.98 Å². The maximum Gasteiger partial charge on any atom is 0.264 e. The van der Waals surface area contributed by atoms with Crippen LogP contribution in [0.3, 0.4) is 0 Å². The van der Waals surface area contributed by atoms with Gasteiger partial charge in [0.1, 0.15) is 4.90 Å². The summed E-state index contributed by atoms with van der Waals surface area (Å²) in [5.74, 6) is 0. The summed E-state index contributed by atoms with van der Waals surface area (Å²) < 4.78 is 26.7.